The monoisotopic (exact) mass is 541 g/mol. The number of methoxy groups -OCH3 is 3. The third-order valence-corrected chi connectivity index (χ3v) is 7.42. The van der Waals surface area contributed by atoms with Gasteiger partial charge in [0.2, 0.25) is 11.8 Å². The van der Waals surface area contributed by atoms with Crippen molar-refractivity contribution >= 4 is 21.4 Å². The molecule has 36 heavy (non-hydrogen) atoms. The summed E-state index contributed by atoms with van der Waals surface area (Å²) >= 11 is 5.87. The zero-order chi connectivity index (χ0) is 26.5. The third kappa shape index (κ3) is 6.06. The summed E-state index contributed by atoms with van der Waals surface area (Å²) in [7, 11) is 0.338. The summed E-state index contributed by atoms with van der Waals surface area (Å²) < 4.78 is 50.5. The molecular formula is C21H28ClN7O6S. The lowest BCUT2D eigenvalue weighted by Gasteiger charge is -2.22. The zero-order valence-electron chi connectivity index (χ0n) is 20.7. The van der Waals surface area contributed by atoms with Crippen molar-refractivity contribution in [3.8, 4) is 17.4 Å². The predicted molar refractivity (Wildman–Crippen MR) is 129 cm³/mol. The van der Waals surface area contributed by atoms with E-state index in [4.69, 9.17) is 30.5 Å². The Labute approximate surface area is 214 Å². The van der Waals surface area contributed by atoms with E-state index in [0.717, 1.165) is 0 Å². The zero-order valence-corrected chi connectivity index (χ0v) is 22.3. The van der Waals surface area contributed by atoms with Crippen LogP contribution in [0, 0.1) is 0 Å². The van der Waals surface area contributed by atoms with Crippen LogP contribution < -0.4 is 9.47 Å². The second-order valence-electron chi connectivity index (χ2n) is 7.90. The molecule has 3 aromatic rings. The molecule has 0 aliphatic heterocycles. The Kier molecular flexibility index (Phi) is 9.11. The van der Waals surface area contributed by atoms with E-state index < -0.39 is 26.9 Å². The quantitative estimate of drug-likeness (QED) is 0.330. The van der Waals surface area contributed by atoms with Crippen LogP contribution in [0.5, 0.6) is 11.8 Å². The molecule has 0 spiro atoms. The Morgan fingerprint density at radius 2 is 1.53 bits per heavy atom. The minimum absolute atomic E-state index is 0.0424. The summed E-state index contributed by atoms with van der Waals surface area (Å²) in [4.78, 5) is 16.5. The van der Waals surface area contributed by atoms with Crippen molar-refractivity contribution in [3.63, 3.8) is 0 Å². The van der Waals surface area contributed by atoms with E-state index in [1.54, 1.807) is 0 Å². The fraction of sp³-hybridized carbons (Fsp3) is 0.524. The van der Waals surface area contributed by atoms with Gasteiger partial charge < -0.3 is 18.9 Å². The van der Waals surface area contributed by atoms with E-state index in [1.165, 1.54) is 51.5 Å². The van der Waals surface area contributed by atoms with Crippen LogP contribution in [0.25, 0.3) is 5.69 Å². The molecule has 0 saturated heterocycles. The lowest BCUT2D eigenvalue weighted by Crippen LogP contribution is -2.30. The van der Waals surface area contributed by atoms with Gasteiger partial charge in [-0.2, -0.15) is 9.97 Å². The first kappa shape index (κ1) is 27.6. The maximum atomic E-state index is 13.5. The molecule has 15 heteroatoms. The second kappa shape index (κ2) is 11.9. The molecule has 0 aliphatic rings. The van der Waals surface area contributed by atoms with Gasteiger partial charge in [0, 0.05) is 19.5 Å². The molecule has 13 nitrogen and oxygen atoms in total. The van der Waals surface area contributed by atoms with Gasteiger partial charge in [0.1, 0.15) is 24.8 Å². The highest BCUT2D eigenvalue weighted by atomic mass is 35.5. The number of halogens is 1. The fourth-order valence-corrected chi connectivity index (χ4v) is 4.87. The van der Waals surface area contributed by atoms with Gasteiger partial charge in [0.15, 0.2) is 33.0 Å². The van der Waals surface area contributed by atoms with E-state index >= 15 is 0 Å². The van der Waals surface area contributed by atoms with Crippen molar-refractivity contribution in [1.82, 2.24) is 34.7 Å². The number of hydrogen-bond donors (Lipinski definition) is 0. The molecule has 0 bridgehead atoms. The van der Waals surface area contributed by atoms with Crippen molar-refractivity contribution in [2.75, 3.05) is 21.3 Å². The first-order valence-electron chi connectivity index (χ1n) is 10.8. The Balaban J connectivity index is 2.06. The molecule has 2 atom stereocenters. The molecule has 3 aromatic heterocycles. The van der Waals surface area contributed by atoms with E-state index in [9.17, 15) is 8.42 Å². The van der Waals surface area contributed by atoms with E-state index in [0.29, 0.717) is 10.8 Å². The molecule has 0 N–H and O–H groups in total. The molecule has 196 valence electrons. The number of aromatic nitrogens is 7. The van der Waals surface area contributed by atoms with Gasteiger partial charge in [-0.15, -0.1) is 10.2 Å². The van der Waals surface area contributed by atoms with Gasteiger partial charge in [0.05, 0.1) is 30.6 Å². The first-order chi connectivity index (χ1) is 17.1. The fourth-order valence-electron chi connectivity index (χ4n) is 3.35. The van der Waals surface area contributed by atoms with Gasteiger partial charge in [0.25, 0.3) is 0 Å². The minimum atomic E-state index is -3.90. The van der Waals surface area contributed by atoms with Gasteiger partial charge in [-0.05, 0) is 20.8 Å². The van der Waals surface area contributed by atoms with Gasteiger partial charge in [-0.1, -0.05) is 11.6 Å². The van der Waals surface area contributed by atoms with E-state index in [-0.39, 0.29) is 41.8 Å². The normalized spacial score (nSPS) is 13.6. The minimum Gasteiger partial charge on any atom is -0.479 e. The van der Waals surface area contributed by atoms with Crippen LogP contribution in [0.15, 0.2) is 18.7 Å². The highest BCUT2D eigenvalue weighted by molar-refractivity contribution is 7.91. The Morgan fingerprint density at radius 3 is 2.06 bits per heavy atom. The molecule has 0 unspecified atom stereocenters. The molecule has 0 amide bonds. The SMILES string of the molecule is COc1ncnc(OC)c1-n1c(COC(C)C)nnc1CS(=O)(=O)[C@@H](C)[C@H](OC)c1ncc(Cl)cn1. The number of ether oxygens (including phenoxy) is 4. The molecular weight excluding hydrogens is 514 g/mol. The van der Waals surface area contributed by atoms with Crippen LogP contribution in [-0.4, -0.2) is 75.8 Å². The number of nitrogens with zero attached hydrogens (tertiary/aromatic N) is 7. The summed E-state index contributed by atoms with van der Waals surface area (Å²) in [5.74, 6) is 0.370. The van der Waals surface area contributed by atoms with Crippen LogP contribution in [-0.2, 0) is 31.7 Å². The van der Waals surface area contributed by atoms with Gasteiger partial charge in [-0.25, -0.2) is 18.4 Å². The Hall–Kier alpha value is -2.94. The van der Waals surface area contributed by atoms with Crippen LogP contribution in [0.1, 0.15) is 44.3 Å². The molecule has 0 aliphatic carbocycles. The predicted octanol–water partition coefficient (Wildman–Crippen LogP) is 2.13. The molecule has 0 saturated carbocycles. The maximum absolute atomic E-state index is 13.5. The number of hydrogen-bond acceptors (Lipinski definition) is 12. The summed E-state index contributed by atoms with van der Waals surface area (Å²) in [6.45, 7) is 5.28. The van der Waals surface area contributed by atoms with Crippen molar-refractivity contribution in [1.29, 1.82) is 0 Å². The molecule has 0 fully saturated rings. The second-order valence-corrected chi connectivity index (χ2v) is 10.7. The highest BCUT2D eigenvalue weighted by Crippen LogP contribution is 2.32. The van der Waals surface area contributed by atoms with Gasteiger partial charge >= 0.3 is 0 Å². The lowest BCUT2D eigenvalue weighted by molar-refractivity contribution is 0.0603. The van der Waals surface area contributed by atoms with E-state index in [1.807, 2.05) is 13.8 Å². The Morgan fingerprint density at radius 1 is 0.944 bits per heavy atom. The Bertz CT molecular complexity index is 1250. The van der Waals surface area contributed by atoms with Crippen LogP contribution in [0.3, 0.4) is 0 Å². The summed E-state index contributed by atoms with van der Waals surface area (Å²) in [6, 6.07) is 0. The summed E-state index contributed by atoms with van der Waals surface area (Å²) in [5.41, 5.74) is 0.247. The molecule has 3 rings (SSSR count). The van der Waals surface area contributed by atoms with Crippen molar-refractivity contribution in [2.45, 2.75) is 50.6 Å². The maximum Gasteiger partial charge on any atom is 0.245 e. The third-order valence-electron chi connectivity index (χ3n) is 5.18. The smallest absolute Gasteiger partial charge is 0.245 e. The van der Waals surface area contributed by atoms with Gasteiger partial charge in [-0.3, -0.25) is 4.57 Å². The van der Waals surface area contributed by atoms with Crippen molar-refractivity contribution < 1.29 is 27.4 Å². The number of sulfone groups is 1. The molecule has 0 radical (unpaired) electrons. The average Bonchev–Trinajstić information content (AvgIpc) is 3.24. The summed E-state index contributed by atoms with van der Waals surface area (Å²) in [6.07, 6.45) is 2.96. The lowest BCUT2D eigenvalue weighted by atomic mass is 10.2. The highest BCUT2D eigenvalue weighted by Gasteiger charge is 2.35. The summed E-state index contributed by atoms with van der Waals surface area (Å²) in [5, 5.41) is 7.61. The molecule has 3 heterocycles. The van der Waals surface area contributed by atoms with Crippen molar-refractivity contribution in [2.24, 2.45) is 0 Å². The first-order valence-corrected chi connectivity index (χ1v) is 12.9. The van der Waals surface area contributed by atoms with Crippen molar-refractivity contribution in [3.05, 3.63) is 41.2 Å². The standard InChI is InChI=1S/C21H28ClN7O6S/c1-12(2)35-9-15-27-28-16(29(15)17-20(33-5)25-11-26-21(17)34-6)10-36(30,31)13(3)18(32-4)19-23-7-14(22)8-24-19/h7-8,11-13,18H,9-10H2,1-6H3/t13-,18-/m0/s1. The topological polar surface area (TPSA) is 153 Å². The average molecular weight is 542 g/mol. The molecule has 0 aromatic carbocycles. The van der Waals surface area contributed by atoms with Crippen LogP contribution in [0.4, 0.5) is 0 Å². The van der Waals surface area contributed by atoms with Crippen LogP contribution >= 0.6 is 11.6 Å². The number of rotatable bonds is 12. The van der Waals surface area contributed by atoms with Crippen LogP contribution in [0.2, 0.25) is 5.02 Å². The largest absolute Gasteiger partial charge is 0.479 e. The van der Waals surface area contributed by atoms with E-state index in [2.05, 4.69) is 30.1 Å².